The van der Waals surface area contributed by atoms with Gasteiger partial charge in [0.25, 0.3) is 0 Å². The molecule has 2 N–H and O–H groups in total. The molecule has 1 fully saturated rings. The van der Waals surface area contributed by atoms with E-state index < -0.39 is 0 Å². The quantitative estimate of drug-likeness (QED) is 0.648. The van der Waals surface area contributed by atoms with E-state index in [-0.39, 0.29) is 6.03 Å². The molecule has 2 aromatic carbocycles. The zero-order valence-corrected chi connectivity index (χ0v) is 17.0. The molecule has 2 heterocycles. The molecule has 3 aromatic rings. The first-order chi connectivity index (χ1) is 14.3. The van der Waals surface area contributed by atoms with Crippen molar-refractivity contribution >= 4 is 22.5 Å². The number of morpholine rings is 1. The van der Waals surface area contributed by atoms with Crippen LogP contribution < -0.4 is 10.6 Å². The summed E-state index contributed by atoms with van der Waals surface area (Å²) in [6.45, 7) is 4.79. The molecule has 0 bridgehead atoms. The van der Waals surface area contributed by atoms with E-state index in [9.17, 15) is 4.79 Å². The van der Waals surface area contributed by atoms with Crippen molar-refractivity contribution in [1.29, 1.82) is 0 Å². The number of benzene rings is 2. The lowest BCUT2D eigenvalue weighted by molar-refractivity contribution is 0.0341. The molecule has 1 aliphatic rings. The van der Waals surface area contributed by atoms with Crippen LogP contribution in [-0.2, 0) is 17.8 Å². The topological polar surface area (TPSA) is 66.5 Å². The predicted molar refractivity (Wildman–Crippen MR) is 116 cm³/mol. The van der Waals surface area contributed by atoms with E-state index in [1.165, 1.54) is 16.9 Å². The maximum atomic E-state index is 12.4. The molecule has 7 heteroatoms. The van der Waals surface area contributed by atoms with Crippen LogP contribution >= 0.6 is 11.3 Å². The Morgan fingerprint density at radius 3 is 2.55 bits per heavy atom. The summed E-state index contributed by atoms with van der Waals surface area (Å²) < 4.78 is 5.42. The summed E-state index contributed by atoms with van der Waals surface area (Å²) in [4.78, 5) is 19.2. The fourth-order valence-corrected chi connectivity index (χ4v) is 3.99. The number of carbonyl (C=O) groups excluding carboxylic acids is 1. The van der Waals surface area contributed by atoms with E-state index in [0.717, 1.165) is 49.7 Å². The number of ether oxygens (including phenoxy) is 1. The van der Waals surface area contributed by atoms with Gasteiger partial charge >= 0.3 is 6.03 Å². The Bertz CT molecular complexity index is 939. The number of hydrogen-bond acceptors (Lipinski definition) is 5. The molecule has 1 saturated heterocycles. The van der Waals surface area contributed by atoms with Crippen molar-refractivity contribution in [3.05, 3.63) is 71.1 Å². The average molecular weight is 409 g/mol. The number of aromatic nitrogens is 1. The van der Waals surface area contributed by atoms with Crippen LogP contribution in [-0.4, -0.2) is 42.2 Å². The molecule has 2 amide bonds. The van der Waals surface area contributed by atoms with E-state index in [2.05, 4.69) is 32.7 Å². The van der Waals surface area contributed by atoms with E-state index >= 15 is 0 Å². The highest BCUT2D eigenvalue weighted by molar-refractivity contribution is 7.14. The molecule has 150 valence electrons. The molecule has 6 nitrogen and oxygen atoms in total. The van der Waals surface area contributed by atoms with Gasteiger partial charge in [-0.3, -0.25) is 10.2 Å². The van der Waals surface area contributed by atoms with Crippen molar-refractivity contribution in [1.82, 2.24) is 15.2 Å². The lowest BCUT2D eigenvalue weighted by Gasteiger charge is -2.27. The molecule has 1 aromatic heterocycles. The van der Waals surface area contributed by atoms with Crippen molar-refractivity contribution in [2.75, 3.05) is 31.6 Å². The van der Waals surface area contributed by atoms with Gasteiger partial charge < -0.3 is 10.1 Å². The molecule has 4 rings (SSSR count). The van der Waals surface area contributed by atoms with Gasteiger partial charge in [-0.15, -0.1) is 11.3 Å². The molecule has 0 radical (unpaired) electrons. The van der Waals surface area contributed by atoms with Crippen molar-refractivity contribution < 1.29 is 9.53 Å². The number of amides is 2. The standard InChI is InChI=1S/C22H24N4O2S/c27-21(25-22-24-20(16-29-22)17-6-2-1-3-7-17)23-14-18-8-4-5-9-19(18)15-26-10-12-28-13-11-26/h1-9,16H,10-15H2,(H2,23,24,25,27). The molecule has 0 unspecified atom stereocenters. The molecule has 0 atom stereocenters. The number of hydrogen-bond donors (Lipinski definition) is 2. The van der Waals surface area contributed by atoms with E-state index in [1.54, 1.807) is 0 Å². The van der Waals surface area contributed by atoms with E-state index in [1.807, 2.05) is 47.8 Å². The SMILES string of the molecule is O=C(NCc1ccccc1CN1CCOCC1)Nc1nc(-c2ccccc2)cs1. The Balaban J connectivity index is 1.32. The van der Waals surface area contributed by atoms with E-state index in [4.69, 9.17) is 4.74 Å². The highest BCUT2D eigenvalue weighted by Gasteiger charge is 2.13. The number of anilines is 1. The highest BCUT2D eigenvalue weighted by Crippen LogP contribution is 2.24. The van der Waals surface area contributed by atoms with Gasteiger partial charge in [-0.1, -0.05) is 54.6 Å². The summed E-state index contributed by atoms with van der Waals surface area (Å²) in [7, 11) is 0. The van der Waals surface area contributed by atoms with Crippen LogP contribution in [0.25, 0.3) is 11.3 Å². The van der Waals surface area contributed by atoms with Crippen LogP contribution in [0.3, 0.4) is 0 Å². The van der Waals surface area contributed by atoms with Gasteiger partial charge in [0.05, 0.1) is 18.9 Å². The Morgan fingerprint density at radius 1 is 1.03 bits per heavy atom. The second-order valence-corrected chi connectivity index (χ2v) is 7.73. The van der Waals surface area contributed by atoms with Gasteiger partial charge in [0.1, 0.15) is 0 Å². The smallest absolute Gasteiger partial charge is 0.321 e. The molecular weight excluding hydrogens is 384 g/mol. The number of carbonyl (C=O) groups is 1. The highest BCUT2D eigenvalue weighted by atomic mass is 32.1. The van der Waals surface area contributed by atoms with Crippen LogP contribution in [0.2, 0.25) is 0 Å². The first-order valence-electron chi connectivity index (χ1n) is 9.70. The van der Waals surface area contributed by atoms with Crippen molar-refractivity contribution in [3.63, 3.8) is 0 Å². The minimum atomic E-state index is -0.250. The third-order valence-corrected chi connectivity index (χ3v) is 5.61. The Kier molecular flexibility index (Phi) is 6.51. The summed E-state index contributed by atoms with van der Waals surface area (Å²) in [5.74, 6) is 0. The Hall–Kier alpha value is -2.74. The van der Waals surface area contributed by atoms with Gasteiger partial charge in [0.15, 0.2) is 5.13 Å². The number of nitrogens with one attached hydrogen (secondary N) is 2. The monoisotopic (exact) mass is 408 g/mol. The third kappa shape index (κ3) is 5.41. The summed E-state index contributed by atoms with van der Waals surface area (Å²) in [6, 6.07) is 17.9. The van der Waals surface area contributed by atoms with Gasteiger partial charge in [0, 0.05) is 37.1 Å². The lowest BCUT2D eigenvalue weighted by atomic mass is 10.1. The predicted octanol–water partition coefficient (Wildman–Crippen LogP) is 3.96. The fraction of sp³-hybridized carbons (Fsp3) is 0.273. The lowest BCUT2D eigenvalue weighted by Crippen LogP contribution is -2.36. The van der Waals surface area contributed by atoms with Crippen molar-refractivity contribution in [3.8, 4) is 11.3 Å². The summed E-state index contributed by atoms with van der Waals surface area (Å²) in [6.07, 6.45) is 0. The summed E-state index contributed by atoms with van der Waals surface area (Å²) >= 11 is 1.42. The second kappa shape index (κ2) is 9.65. The zero-order valence-electron chi connectivity index (χ0n) is 16.1. The summed E-state index contributed by atoms with van der Waals surface area (Å²) in [5.41, 5.74) is 4.25. The normalized spacial score (nSPS) is 14.5. The molecule has 0 aliphatic carbocycles. The van der Waals surface area contributed by atoms with Gasteiger partial charge in [-0.05, 0) is 11.1 Å². The van der Waals surface area contributed by atoms with E-state index in [0.29, 0.717) is 11.7 Å². The third-order valence-electron chi connectivity index (χ3n) is 4.85. The minimum Gasteiger partial charge on any atom is -0.379 e. The Labute approximate surface area is 174 Å². The minimum absolute atomic E-state index is 0.250. The largest absolute Gasteiger partial charge is 0.379 e. The first kappa shape index (κ1) is 19.6. The van der Waals surface area contributed by atoms with Crippen LogP contribution in [0.15, 0.2) is 60.0 Å². The van der Waals surface area contributed by atoms with Crippen LogP contribution in [0.4, 0.5) is 9.93 Å². The maximum absolute atomic E-state index is 12.4. The molecule has 0 saturated carbocycles. The number of thiazole rings is 1. The second-order valence-electron chi connectivity index (χ2n) is 6.87. The average Bonchev–Trinajstić information content (AvgIpc) is 3.23. The first-order valence-corrected chi connectivity index (χ1v) is 10.6. The molecule has 29 heavy (non-hydrogen) atoms. The van der Waals surface area contributed by atoms with Crippen LogP contribution in [0.1, 0.15) is 11.1 Å². The number of nitrogens with zero attached hydrogens (tertiary/aromatic N) is 2. The van der Waals surface area contributed by atoms with Crippen LogP contribution in [0.5, 0.6) is 0 Å². The number of urea groups is 1. The van der Waals surface area contributed by atoms with Crippen molar-refractivity contribution in [2.45, 2.75) is 13.1 Å². The summed E-state index contributed by atoms with van der Waals surface area (Å²) in [5, 5.41) is 8.31. The molecule has 1 aliphatic heterocycles. The number of rotatable bonds is 6. The zero-order chi connectivity index (χ0) is 19.9. The van der Waals surface area contributed by atoms with Crippen LogP contribution in [0, 0.1) is 0 Å². The fourth-order valence-electron chi connectivity index (χ4n) is 3.27. The maximum Gasteiger partial charge on any atom is 0.321 e. The van der Waals surface area contributed by atoms with Gasteiger partial charge in [-0.25, -0.2) is 9.78 Å². The molecular formula is C22H24N4O2S. The van der Waals surface area contributed by atoms with Crippen molar-refractivity contribution in [2.24, 2.45) is 0 Å². The van der Waals surface area contributed by atoms with Gasteiger partial charge in [-0.2, -0.15) is 0 Å². The molecule has 0 spiro atoms. The Morgan fingerprint density at radius 2 is 1.76 bits per heavy atom. The van der Waals surface area contributed by atoms with Gasteiger partial charge in [0.2, 0.25) is 0 Å².